The van der Waals surface area contributed by atoms with Crippen LogP contribution < -0.4 is 4.90 Å². The van der Waals surface area contributed by atoms with Crippen LogP contribution in [0.2, 0.25) is 0 Å². The van der Waals surface area contributed by atoms with Gasteiger partial charge in [-0.1, -0.05) is 30.3 Å². The Morgan fingerprint density at radius 1 is 1.10 bits per heavy atom. The number of halogens is 1. The first-order valence-corrected chi connectivity index (χ1v) is 6.59. The van der Waals surface area contributed by atoms with Gasteiger partial charge in [0.25, 0.3) is 0 Å². The van der Waals surface area contributed by atoms with E-state index in [0.717, 1.165) is 17.0 Å². The van der Waals surface area contributed by atoms with Gasteiger partial charge in [-0.25, -0.2) is 9.37 Å². The molecule has 102 valence electrons. The number of H-pyrrole nitrogens is 1. The molecule has 0 aliphatic rings. The predicted molar refractivity (Wildman–Crippen MR) is 79.3 cm³/mol. The number of benzene rings is 2. The van der Waals surface area contributed by atoms with Crippen molar-refractivity contribution in [3.05, 3.63) is 59.9 Å². The van der Waals surface area contributed by atoms with Crippen LogP contribution >= 0.6 is 0 Å². The molecule has 1 aromatic heterocycles. The van der Waals surface area contributed by atoms with Gasteiger partial charge >= 0.3 is 0 Å². The van der Waals surface area contributed by atoms with Gasteiger partial charge in [0.1, 0.15) is 5.82 Å². The first-order valence-electron chi connectivity index (χ1n) is 6.59. The van der Waals surface area contributed by atoms with E-state index in [2.05, 4.69) is 9.97 Å². The van der Waals surface area contributed by atoms with E-state index in [-0.39, 0.29) is 11.9 Å². The van der Waals surface area contributed by atoms with Crippen LogP contribution in [0.25, 0.3) is 11.0 Å². The lowest BCUT2D eigenvalue weighted by Crippen LogP contribution is -2.23. The van der Waals surface area contributed by atoms with Gasteiger partial charge in [0.2, 0.25) is 5.95 Å². The molecule has 0 radical (unpaired) electrons. The van der Waals surface area contributed by atoms with Gasteiger partial charge in [0.15, 0.2) is 0 Å². The summed E-state index contributed by atoms with van der Waals surface area (Å²) in [7, 11) is 1.91. The molecule has 0 spiro atoms. The topological polar surface area (TPSA) is 31.9 Å². The Hall–Kier alpha value is -2.36. The molecule has 2 aromatic carbocycles. The second-order valence-electron chi connectivity index (χ2n) is 4.89. The molecule has 20 heavy (non-hydrogen) atoms. The number of rotatable bonds is 3. The highest BCUT2D eigenvalue weighted by Crippen LogP contribution is 2.26. The van der Waals surface area contributed by atoms with Gasteiger partial charge in [-0.3, -0.25) is 0 Å². The van der Waals surface area contributed by atoms with E-state index < -0.39 is 0 Å². The summed E-state index contributed by atoms with van der Waals surface area (Å²) >= 11 is 0. The van der Waals surface area contributed by atoms with Crippen molar-refractivity contribution in [1.82, 2.24) is 9.97 Å². The molecular weight excluding hydrogens is 253 g/mol. The molecule has 3 rings (SSSR count). The number of hydrogen-bond donors (Lipinski definition) is 1. The van der Waals surface area contributed by atoms with E-state index in [9.17, 15) is 4.39 Å². The van der Waals surface area contributed by atoms with Crippen LogP contribution in [0.15, 0.2) is 48.5 Å². The van der Waals surface area contributed by atoms with Crippen LogP contribution in [-0.4, -0.2) is 17.0 Å². The number of fused-ring (bicyclic) bond motifs is 1. The SMILES string of the molecule is CC(c1ccccc1F)N(C)c1nc2ccccc2[nH]1. The summed E-state index contributed by atoms with van der Waals surface area (Å²) in [4.78, 5) is 9.74. The van der Waals surface area contributed by atoms with Gasteiger partial charge in [0, 0.05) is 12.6 Å². The molecule has 0 amide bonds. The monoisotopic (exact) mass is 269 g/mol. The van der Waals surface area contributed by atoms with Crippen molar-refractivity contribution < 1.29 is 4.39 Å². The average Bonchev–Trinajstić information content (AvgIpc) is 2.90. The molecule has 0 saturated heterocycles. The zero-order valence-corrected chi connectivity index (χ0v) is 11.5. The third-order valence-corrected chi connectivity index (χ3v) is 3.65. The summed E-state index contributed by atoms with van der Waals surface area (Å²) in [5, 5.41) is 0. The Morgan fingerprint density at radius 2 is 1.80 bits per heavy atom. The zero-order valence-electron chi connectivity index (χ0n) is 11.5. The molecule has 0 aliphatic heterocycles. The van der Waals surface area contributed by atoms with E-state index in [1.165, 1.54) is 6.07 Å². The summed E-state index contributed by atoms with van der Waals surface area (Å²) in [5.74, 6) is 0.546. The van der Waals surface area contributed by atoms with Crippen LogP contribution in [0.3, 0.4) is 0 Å². The Kier molecular flexibility index (Phi) is 3.14. The van der Waals surface area contributed by atoms with Crippen molar-refractivity contribution in [2.75, 3.05) is 11.9 Å². The van der Waals surface area contributed by atoms with Gasteiger partial charge in [0.05, 0.1) is 17.1 Å². The van der Waals surface area contributed by atoms with Crippen molar-refractivity contribution in [2.45, 2.75) is 13.0 Å². The zero-order chi connectivity index (χ0) is 14.1. The van der Waals surface area contributed by atoms with E-state index in [1.54, 1.807) is 12.1 Å². The second-order valence-corrected chi connectivity index (χ2v) is 4.89. The molecule has 1 atom stereocenters. The number of anilines is 1. The lowest BCUT2D eigenvalue weighted by Gasteiger charge is -2.25. The quantitative estimate of drug-likeness (QED) is 0.782. The number of hydrogen-bond acceptors (Lipinski definition) is 2. The average molecular weight is 269 g/mol. The maximum atomic E-state index is 13.9. The van der Waals surface area contributed by atoms with Gasteiger partial charge < -0.3 is 9.88 Å². The Bertz CT molecular complexity index is 702. The van der Waals surface area contributed by atoms with Gasteiger partial charge in [-0.05, 0) is 25.1 Å². The van der Waals surface area contributed by atoms with E-state index in [1.807, 2.05) is 49.2 Å². The highest BCUT2D eigenvalue weighted by Gasteiger charge is 2.18. The van der Waals surface area contributed by atoms with Crippen LogP contribution in [0, 0.1) is 5.82 Å². The molecule has 1 unspecified atom stereocenters. The fourth-order valence-electron chi connectivity index (χ4n) is 2.31. The molecule has 1 heterocycles. The maximum Gasteiger partial charge on any atom is 0.204 e. The molecule has 0 fully saturated rings. The summed E-state index contributed by atoms with van der Waals surface area (Å²) < 4.78 is 13.9. The van der Waals surface area contributed by atoms with Gasteiger partial charge in [-0.15, -0.1) is 0 Å². The number of nitrogens with one attached hydrogen (secondary N) is 1. The molecule has 3 aromatic rings. The Morgan fingerprint density at radius 3 is 2.55 bits per heavy atom. The van der Waals surface area contributed by atoms with E-state index in [4.69, 9.17) is 0 Å². The number of aromatic amines is 1. The summed E-state index contributed by atoms with van der Waals surface area (Å²) in [5.41, 5.74) is 2.56. The van der Waals surface area contributed by atoms with E-state index >= 15 is 0 Å². The number of nitrogens with zero attached hydrogens (tertiary/aromatic N) is 2. The van der Waals surface area contributed by atoms with Crippen molar-refractivity contribution in [3.63, 3.8) is 0 Å². The number of imidazole rings is 1. The second kappa shape index (κ2) is 4.96. The molecule has 0 aliphatic carbocycles. The van der Waals surface area contributed by atoms with Gasteiger partial charge in [-0.2, -0.15) is 0 Å². The fraction of sp³-hybridized carbons (Fsp3) is 0.188. The largest absolute Gasteiger partial charge is 0.339 e. The third kappa shape index (κ3) is 2.13. The first kappa shape index (κ1) is 12.7. The maximum absolute atomic E-state index is 13.9. The summed E-state index contributed by atoms with van der Waals surface area (Å²) in [6, 6.07) is 14.6. The molecule has 1 N–H and O–H groups in total. The lowest BCUT2D eigenvalue weighted by atomic mass is 10.1. The minimum Gasteiger partial charge on any atom is -0.339 e. The van der Waals surface area contributed by atoms with Crippen LogP contribution in [0.1, 0.15) is 18.5 Å². The molecule has 3 nitrogen and oxygen atoms in total. The summed E-state index contributed by atoms with van der Waals surface area (Å²) in [6.07, 6.45) is 0. The van der Waals surface area contributed by atoms with Crippen molar-refractivity contribution >= 4 is 17.0 Å². The number of para-hydroxylation sites is 2. The Labute approximate surface area is 117 Å². The van der Waals surface area contributed by atoms with Crippen molar-refractivity contribution in [2.24, 2.45) is 0 Å². The van der Waals surface area contributed by atoms with Crippen LogP contribution in [0.4, 0.5) is 10.3 Å². The molecule has 0 bridgehead atoms. The smallest absolute Gasteiger partial charge is 0.204 e. The normalized spacial score (nSPS) is 12.6. The molecule has 0 saturated carbocycles. The van der Waals surface area contributed by atoms with E-state index in [0.29, 0.717) is 5.56 Å². The molecule has 4 heteroatoms. The predicted octanol–water partition coefficient (Wildman–Crippen LogP) is 3.90. The standard InChI is InChI=1S/C16H16FN3/c1-11(12-7-3-4-8-13(12)17)20(2)16-18-14-9-5-6-10-15(14)19-16/h3-11H,1-2H3,(H,18,19). The van der Waals surface area contributed by atoms with Crippen LogP contribution in [-0.2, 0) is 0 Å². The highest BCUT2D eigenvalue weighted by molar-refractivity contribution is 5.77. The third-order valence-electron chi connectivity index (χ3n) is 3.65. The minimum atomic E-state index is -0.192. The van der Waals surface area contributed by atoms with Crippen molar-refractivity contribution in [1.29, 1.82) is 0 Å². The lowest BCUT2D eigenvalue weighted by molar-refractivity contribution is 0.583. The summed E-state index contributed by atoms with van der Waals surface area (Å²) in [6.45, 7) is 1.96. The number of aromatic nitrogens is 2. The minimum absolute atomic E-state index is 0.100. The fourth-order valence-corrected chi connectivity index (χ4v) is 2.31. The first-order chi connectivity index (χ1) is 9.66. The van der Waals surface area contributed by atoms with Crippen molar-refractivity contribution in [3.8, 4) is 0 Å². The highest BCUT2D eigenvalue weighted by atomic mass is 19.1. The molecular formula is C16H16FN3. The Balaban J connectivity index is 1.95. The van der Waals surface area contributed by atoms with Crippen LogP contribution in [0.5, 0.6) is 0 Å².